The second-order valence-electron chi connectivity index (χ2n) is 5.13. The van der Waals surface area contributed by atoms with Gasteiger partial charge in [0.2, 0.25) is 11.8 Å². The molecular formula is C16H16N2O2S. The molecule has 2 aromatic rings. The number of thiophene rings is 1. The largest absolute Gasteiger partial charge is 0.345 e. The minimum Gasteiger partial charge on any atom is -0.345 e. The molecule has 0 saturated carbocycles. The molecule has 1 aromatic heterocycles. The van der Waals surface area contributed by atoms with Gasteiger partial charge < -0.3 is 10.2 Å². The molecule has 5 heteroatoms. The van der Waals surface area contributed by atoms with E-state index >= 15 is 0 Å². The summed E-state index contributed by atoms with van der Waals surface area (Å²) in [5.41, 5.74) is 3.10. The van der Waals surface area contributed by atoms with E-state index in [0.29, 0.717) is 6.54 Å². The van der Waals surface area contributed by atoms with E-state index in [4.69, 9.17) is 0 Å². The van der Waals surface area contributed by atoms with Crippen LogP contribution >= 0.6 is 11.3 Å². The summed E-state index contributed by atoms with van der Waals surface area (Å²) in [5.74, 6) is -0.164. The number of nitrogens with zero attached hydrogens (tertiary/aromatic N) is 1. The third-order valence-corrected chi connectivity index (χ3v) is 4.62. The maximum Gasteiger partial charge on any atom is 0.247 e. The molecule has 1 aromatic carbocycles. The molecule has 0 bridgehead atoms. The van der Waals surface area contributed by atoms with Gasteiger partial charge in [0.1, 0.15) is 6.04 Å². The van der Waals surface area contributed by atoms with Crippen LogP contribution in [0.5, 0.6) is 0 Å². The molecule has 108 valence electrons. The van der Waals surface area contributed by atoms with Gasteiger partial charge in [-0.15, -0.1) is 0 Å². The van der Waals surface area contributed by atoms with Gasteiger partial charge >= 0.3 is 0 Å². The zero-order valence-corrected chi connectivity index (χ0v) is 12.5. The maximum atomic E-state index is 12.3. The highest BCUT2D eigenvalue weighted by molar-refractivity contribution is 7.08. The van der Waals surface area contributed by atoms with Crippen molar-refractivity contribution in [3.8, 4) is 0 Å². The molecule has 2 heterocycles. The fourth-order valence-corrected chi connectivity index (χ4v) is 3.37. The van der Waals surface area contributed by atoms with Crippen LogP contribution in [-0.4, -0.2) is 23.3 Å². The molecule has 1 unspecified atom stereocenters. The van der Waals surface area contributed by atoms with E-state index < -0.39 is 6.04 Å². The number of piperazine rings is 1. The summed E-state index contributed by atoms with van der Waals surface area (Å²) in [6, 6.07) is 8.89. The smallest absolute Gasteiger partial charge is 0.247 e. The molecule has 1 fully saturated rings. The van der Waals surface area contributed by atoms with Gasteiger partial charge in [-0.2, -0.15) is 11.3 Å². The Morgan fingerprint density at radius 2 is 2.00 bits per heavy atom. The maximum absolute atomic E-state index is 12.3. The van der Waals surface area contributed by atoms with E-state index in [1.54, 1.807) is 16.2 Å². The van der Waals surface area contributed by atoms with E-state index in [9.17, 15) is 9.59 Å². The summed E-state index contributed by atoms with van der Waals surface area (Å²) in [5, 5.41) is 6.77. The predicted molar refractivity (Wildman–Crippen MR) is 81.8 cm³/mol. The lowest BCUT2D eigenvalue weighted by atomic mass is 10.0. The van der Waals surface area contributed by atoms with Crippen molar-refractivity contribution in [2.45, 2.75) is 19.5 Å². The van der Waals surface area contributed by atoms with Crippen LogP contribution in [0.3, 0.4) is 0 Å². The third-order valence-electron chi connectivity index (χ3n) is 3.71. The number of amides is 2. The van der Waals surface area contributed by atoms with Gasteiger partial charge in [-0.3, -0.25) is 9.59 Å². The molecule has 21 heavy (non-hydrogen) atoms. The predicted octanol–water partition coefficient (Wildman–Crippen LogP) is 2.26. The van der Waals surface area contributed by atoms with Gasteiger partial charge in [-0.05, 0) is 34.4 Å². The van der Waals surface area contributed by atoms with Crippen LogP contribution in [0.2, 0.25) is 0 Å². The molecule has 1 saturated heterocycles. The minimum atomic E-state index is -0.549. The molecule has 0 radical (unpaired) electrons. The molecule has 1 N–H and O–H groups in total. The highest BCUT2D eigenvalue weighted by Crippen LogP contribution is 2.27. The van der Waals surface area contributed by atoms with Gasteiger partial charge in [0.25, 0.3) is 0 Å². The number of carbonyl (C=O) groups is 2. The summed E-state index contributed by atoms with van der Waals surface area (Å²) < 4.78 is 0. The van der Waals surface area contributed by atoms with Gasteiger partial charge in [0, 0.05) is 6.54 Å². The molecule has 1 atom stereocenters. The Hall–Kier alpha value is -2.14. The number of benzene rings is 1. The van der Waals surface area contributed by atoms with Crippen LogP contribution in [0, 0.1) is 6.92 Å². The number of hydrogen-bond donors (Lipinski definition) is 1. The highest BCUT2D eigenvalue weighted by atomic mass is 32.1. The van der Waals surface area contributed by atoms with Crippen molar-refractivity contribution < 1.29 is 9.59 Å². The van der Waals surface area contributed by atoms with Gasteiger partial charge in [-0.1, -0.05) is 30.3 Å². The molecular weight excluding hydrogens is 284 g/mol. The topological polar surface area (TPSA) is 49.4 Å². The van der Waals surface area contributed by atoms with Crippen molar-refractivity contribution in [2.75, 3.05) is 6.54 Å². The Morgan fingerprint density at radius 1 is 1.24 bits per heavy atom. The lowest BCUT2D eigenvalue weighted by Gasteiger charge is -2.35. The number of carbonyl (C=O) groups excluding carboxylic acids is 2. The van der Waals surface area contributed by atoms with Crippen molar-refractivity contribution >= 4 is 23.2 Å². The van der Waals surface area contributed by atoms with Crippen LogP contribution in [0.1, 0.15) is 22.7 Å². The van der Waals surface area contributed by atoms with Gasteiger partial charge in [0.15, 0.2) is 0 Å². The number of hydrogen-bond acceptors (Lipinski definition) is 3. The first kappa shape index (κ1) is 13.8. The zero-order valence-electron chi connectivity index (χ0n) is 11.7. The van der Waals surface area contributed by atoms with Crippen molar-refractivity contribution in [3.63, 3.8) is 0 Å². The minimum absolute atomic E-state index is 0.0472. The molecule has 1 aliphatic rings. The van der Waals surface area contributed by atoms with Gasteiger partial charge in [-0.25, -0.2) is 0 Å². The van der Waals surface area contributed by atoms with Crippen molar-refractivity contribution in [2.24, 2.45) is 0 Å². The standard InChI is InChI=1S/C16H16N2O2S/c1-11-9-21-10-13(11)8-18-14(19)7-17-16(20)15(18)12-5-3-2-4-6-12/h2-6,9-10,15H,7-8H2,1H3,(H,17,20). The lowest BCUT2D eigenvalue weighted by molar-refractivity contribution is -0.146. The van der Waals surface area contributed by atoms with Crippen LogP contribution in [0.25, 0.3) is 0 Å². The highest BCUT2D eigenvalue weighted by Gasteiger charge is 2.35. The summed E-state index contributed by atoms with van der Waals surface area (Å²) in [7, 11) is 0. The Bertz CT molecular complexity index is 666. The normalized spacial score (nSPS) is 18.7. The Morgan fingerprint density at radius 3 is 2.67 bits per heavy atom. The molecule has 0 spiro atoms. The quantitative estimate of drug-likeness (QED) is 0.945. The van der Waals surface area contributed by atoms with E-state index in [2.05, 4.69) is 10.7 Å². The Balaban J connectivity index is 1.95. The van der Waals surface area contributed by atoms with Crippen LogP contribution in [-0.2, 0) is 16.1 Å². The molecule has 0 aliphatic carbocycles. The average molecular weight is 300 g/mol. The van der Waals surface area contributed by atoms with Crippen LogP contribution in [0.4, 0.5) is 0 Å². The monoisotopic (exact) mass is 300 g/mol. The second kappa shape index (κ2) is 5.69. The number of rotatable bonds is 3. The Labute approximate surface area is 127 Å². The van der Waals surface area contributed by atoms with E-state index in [1.807, 2.05) is 42.6 Å². The van der Waals surface area contributed by atoms with Crippen LogP contribution in [0.15, 0.2) is 41.1 Å². The van der Waals surface area contributed by atoms with E-state index in [1.165, 1.54) is 0 Å². The molecule has 3 rings (SSSR count). The lowest BCUT2D eigenvalue weighted by Crippen LogP contribution is -2.53. The van der Waals surface area contributed by atoms with Crippen molar-refractivity contribution in [1.29, 1.82) is 0 Å². The summed E-state index contributed by atoms with van der Waals surface area (Å²) in [4.78, 5) is 26.2. The van der Waals surface area contributed by atoms with Gasteiger partial charge in [0.05, 0.1) is 6.54 Å². The van der Waals surface area contributed by atoms with Crippen molar-refractivity contribution in [1.82, 2.24) is 10.2 Å². The molecule has 2 amide bonds. The Kier molecular flexibility index (Phi) is 3.75. The molecule has 4 nitrogen and oxygen atoms in total. The van der Waals surface area contributed by atoms with Crippen molar-refractivity contribution in [3.05, 3.63) is 57.8 Å². The number of aryl methyl sites for hydroxylation is 1. The fourth-order valence-electron chi connectivity index (χ4n) is 2.52. The molecule has 1 aliphatic heterocycles. The summed E-state index contributed by atoms with van der Waals surface area (Å²) in [6.07, 6.45) is 0. The number of nitrogens with one attached hydrogen (secondary N) is 1. The fraction of sp³-hybridized carbons (Fsp3) is 0.250. The first-order chi connectivity index (χ1) is 10.2. The first-order valence-corrected chi connectivity index (χ1v) is 7.75. The summed E-state index contributed by atoms with van der Waals surface area (Å²) >= 11 is 1.62. The third kappa shape index (κ3) is 2.69. The van der Waals surface area contributed by atoms with E-state index in [-0.39, 0.29) is 18.4 Å². The van der Waals surface area contributed by atoms with Crippen LogP contribution < -0.4 is 5.32 Å². The summed E-state index contributed by atoms with van der Waals surface area (Å²) in [6.45, 7) is 2.57. The first-order valence-electron chi connectivity index (χ1n) is 6.80. The zero-order chi connectivity index (χ0) is 14.8. The SMILES string of the molecule is Cc1cscc1CN1C(=O)CNC(=O)C1c1ccccc1. The van der Waals surface area contributed by atoms with E-state index in [0.717, 1.165) is 16.7 Å². The second-order valence-corrected chi connectivity index (χ2v) is 5.88. The average Bonchev–Trinajstić information content (AvgIpc) is 2.89.